The van der Waals surface area contributed by atoms with Gasteiger partial charge in [-0.25, -0.2) is 0 Å². The average molecular weight is 348 g/mol. The third kappa shape index (κ3) is 2.24. The molecule has 0 atom stereocenters. The van der Waals surface area contributed by atoms with Gasteiger partial charge >= 0.3 is 0 Å². The lowest BCUT2D eigenvalue weighted by molar-refractivity contribution is 1.02. The molecular formula is C10H8Br2N2S. The van der Waals surface area contributed by atoms with Gasteiger partial charge in [0.1, 0.15) is 0 Å². The number of H-pyrrole nitrogens is 1. The normalized spacial score (nSPS) is 10.6. The van der Waals surface area contributed by atoms with Gasteiger partial charge in [0.15, 0.2) is 4.77 Å². The standard InChI is InChI=1S/C10H8Br2N2S/c1-6-5-14(10(15)13-6)9-4-7(11)2-3-8(9)12/h2-5H,1H3,(H,13,15). The van der Waals surface area contributed by atoms with E-state index in [1.165, 1.54) is 0 Å². The largest absolute Gasteiger partial charge is 0.335 e. The first-order valence-corrected chi connectivity index (χ1v) is 6.31. The van der Waals surface area contributed by atoms with Crippen molar-refractivity contribution in [1.82, 2.24) is 9.55 Å². The van der Waals surface area contributed by atoms with E-state index in [0.29, 0.717) is 4.77 Å². The van der Waals surface area contributed by atoms with Gasteiger partial charge in [-0.2, -0.15) is 0 Å². The van der Waals surface area contributed by atoms with E-state index >= 15 is 0 Å². The SMILES string of the molecule is Cc1cn(-c2cc(Br)ccc2Br)c(=S)[nH]1. The van der Waals surface area contributed by atoms with Gasteiger partial charge in [-0.05, 0) is 53.3 Å². The van der Waals surface area contributed by atoms with Crippen LogP contribution in [0.5, 0.6) is 0 Å². The molecule has 2 aromatic rings. The van der Waals surface area contributed by atoms with E-state index in [9.17, 15) is 0 Å². The predicted octanol–water partition coefficient (Wildman–Crippen LogP) is 4.37. The molecule has 2 rings (SSSR count). The molecule has 0 spiro atoms. The van der Waals surface area contributed by atoms with E-state index < -0.39 is 0 Å². The summed E-state index contributed by atoms with van der Waals surface area (Å²) in [7, 11) is 0. The number of nitrogens with zero attached hydrogens (tertiary/aromatic N) is 1. The maximum Gasteiger partial charge on any atom is 0.182 e. The molecule has 0 aliphatic carbocycles. The Hall–Kier alpha value is -0.390. The van der Waals surface area contributed by atoms with Gasteiger partial charge in [-0.3, -0.25) is 4.57 Å². The Labute approximate surface area is 110 Å². The number of benzene rings is 1. The van der Waals surface area contributed by atoms with E-state index in [1.807, 2.05) is 35.9 Å². The summed E-state index contributed by atoms with van der Waals surface area (Å²) in [6.07, 6.45) is 1.98. The molecule has 0 aliphatic heterocycles. The van der Waals surface area contributed by atoms with Gasteiger partial charge in [-0.15, -0.1) is 0 Å². The zero-order valence-electron chi connectivity index (χ0n) is 7.92. The van der Waals surface area contributed by atoms with E-state index in [-0.39, 0.29) is 0 Å². The summed E-state index contributed by atoms with van der Waals surface area (Å²) in [6.45, 7) is 1.98. The van der Waals surface area contributed by atoms with E-state index in [4.69, 9.17) is 12.2 Å². The Kier molecular flexibility index (Phi) is 3.13. The summed E-state index contributed by atoms with van der Waals surface area (Å²) in [5.74, 6) is 0. The second kappa shape index (κ2) is 4.23. The zero-order valence-corrected chi connectivity index (χ0v) is 11.9. The lowest BCUT2D eigenvalue weighted by Crippen LogP contribution is -1.93. The molecule has 0 unspecified atom stereocenters. The highest BCUT2D eigenvalue weighted by Gasteiger charge is 2.05. The quantitative estimate of drug-likeness (QED) is 0.760. The fourth-order valence-electron chi connectivity index (χ4n) is 1.36. The van der Waals surface area contributed by atoms with Gasteiger partial charge in [0, 0.05) is 20.8 Å². The van der Waals surface area contributed by atoms with Crippen LogP contribution in [0.2, 0.25) is 0 Å². The Morgan fingerprint density at radius 1 is 1.33 bits per heavy atom. The lowest BCUT2D eigenvalue weighted by atomic mass is 10.3. The molecule has 1 aromatic carbocycles. The number of aryl methyl sites for hydroxylation is 1. The fourth-order valence-corrected chi connectivity index (χ4v) is 2.46. The maximum absolute atomic E-state index is 5.23. The number of halogens is 2. The van der Waals surface area contributed by atoms with Crippen molar-refractivity contribution in [2.45, 2.75) is 6.92 Å². The summed E-state index contributed by atoms with van der Waals surface area (Å²) in [6, 6.07) is 5.99. The van der Waals surface area contributed by atoms with Crippen LogP contribution in [-0.2, 0) is 0 Å². The van der Waals surface area contributed by atoms with Crippen molar-refractivity contribution in [3.8, 4) is 5.69 Å². The van der Waals surface area contributed by atoms with Crippen LogP contribution in [0.4, 0.5) is 0 Å². The molecule has 0 saturated heterocycles. The summed E-state index contributed by atoms with van der Waals surface area (Å²) in [4.78, 5) is 3.09. The van der Waals surface area contributed by atoms with E-state index in [2.05, 4.69) is 36.8 Å². The molecule has 1 aromatic heterocycles. The number of nitrogens with one attached hydrogen (secondary N) is 1. The Morgan fingerprint density at radius 2 is 2.07 bits per heavy atom. The van der Waals surface area contributed by atoms with Crippen molar-refractivity contribution in [1.29, 1.82) is 0 Å². The minimum absolute atomic E-state index is 0.700. The van der Waals surface area contributed by atoms with Gasteiger partial charge in [0.25, 0.3) is 0 Å². The van der Waals surface area contributed by atoms with Crippen molar-refractivity contribution < 1.29 is 0 Å². The highest BCUT2D eigenvalue weighted by Crippen LogP contribution is 2.25. The van der Waals surface area contributed by atoms with E-state index in [1.54, 1.807) is 0 Å². The highest BCUT2D eigenvalue weighted by atomic mass is 79.9. The summed E-state index contributed by atoms with van der Waals surface area (Å²) in [5.41, 5.74) is 2.07. The smallest absolute Gasteiger partial charge is 0.182 e. The van der Waals surface area contributed by atoms with Crippen LogP contribution in [-0.4, -0.2) is 9.55 Å². The Morgan fingerprint density at radius 3 is 2.67 bits per heavy atom. The minimum Gasteiger partial charge on any atom is -0.335 e. The molecule has 0 aliphatic rings. The Balaban J connectivity index is 2.68. The number of aromatic nitrogens is 2. The molecule has 0 saturated carbocycles. The monoisotopic (exact) mass is 346 g/mol. The number of imidazole rings is 1. The van der Waals surface area contributed by atoms with Crippen molar-refractivity contribution in [2.24, 2.45) is 0 Å². The number of hydrogen-bond donors (Lipinski definition) is 1. The molecule has 0 radical (unpaired) electrons. The third-order valence-electron chi connectivity index (χ3n) is 2.01. The van der Waals surface area contributed by atoms with E-state index in [0.717, 1.165) is 20.3 Å². The summed E-state index contributed by atoms with van der Waals surface area (Å²) < 4.78 is 4.69. The average Bonchev–Trinajstić information content (AvgIpc) is 2.50. The van der Waals surface area contributed by atoms with Crippen molar-refractivity contribution in [3.05, 3.63) is 43.8 Å². The molecule has 15 heavy (non-hydrogen) atoms. The lowest BCUT2D eigenvalue weighted by Gasteiger charge is -2.05. The van der Waals surface area contributed by atoms with Crippen molar-refractivity contribution in [2.75, 3.05) is 0 Å². The molecule has 0 fully saturated rings. The topological polar surface area (TPSA) is 20.7 Å². The van der Waals surface area contributed by atoms with Crippen LogP contribution in [0.15, 0.2) is 33.3 Å². The molecule has 0 bridgehead atoms. The van der Waals surface area contributed by atoms with Crippen LogP contribution in [0.25, 0.3) is 5.69 Å². The van der Waals surface area contributed by atoms with Crippen LogP contribution >= 0.6 is 44.1 Å². The number of aromatic amines is 1. The van der Waals surface area contributed by atoms with Gasteiger partial charge in [0.05, 0.1) is 5.69 Å². The van der Waals surface area contributed by atoms with Crippen molar-refractivity contribution in [3.63, 3.8) is 0 Å². The molecule has 0 amide bonds. The van der Waals surface area contributed by atoms with Gasteiger partial charge in [0.2, 0.25) is 0 Å². The molecule has 1 N–H and O–H groups in total. The van der Waals surface area contributed by atoms with Crippen LogP contribution < -0.4 is 0 Å². The molecule has 5 heteroatoms. The molecule has 2 nitrogen and oxygen atoms in total. The third-order valence-corrected chi connectivity index (χ3v) is 3.48. The van der Waals surface area contributed by atoms with Crippen LogP contribution in [0.3, 0.4) is 0 Å². The summed E-state index contributed by atoms with van der Waals surface area (Å²) in [5, 5.41) is 0. The molecule has 78 valence electrons. The van der Waals surface area contributed by atoms with Crippen LogP contribution in [0.1, 0.15) is 5.69 Å². The van der Waals surface area contributed by atoms with Crippen LogP contribution in [0, 0.1) is 11.7 Å². The molecular weight excluding hydrogens is 340 g/mol. The first-order chi connectivity index (χ1) is 7.08. The first-order valence-electron chi connectivity index (χ1n) is 4.31. The number of hydrogen-bond acceptors (Lipinski definition) is 1. The maximum atomic E-state index is 5.23. The minimum atomic E-state index is 0.700. The second-order valence-corrected chi connectivity index (χ2v) is 5.36. The Bertz CT molecular complexity index is 557. The molecule has 1 heterocycles. The zero-order chi connectivity index (χ0) is 11.0. The van der Waals surface area contributed by atoms with Gasteiger partial charge < -0.3 is 4.98 Å². The second-order valence-electron chi connectivity index (χ2n) is 3.21. The summed E-state index contributed by atoms with van der Waals surface area (Å²) >= 11 is 12.2. The predicted molar refractivity (Wildman–Crippen MR) is 71.1 cm³/mol. The fraction of sp³-hybridized carbons (Fsp3) is 0.100. The van der Waals surface area contributed by atoms with Gasteiger partial charge in [-0.1, -0.05) is 15.9 Å². The first kappa shape index (κ1) is 11.1. The highest BCUT2D eigenvalue weighted by molar-refractivity contribution is 9.11. The van der Waals surface area contributed by atoms with Crippen molar-refractivity contribution >= 4 is 44.1 Å². The number of rotatable bonds is 1.